The lowest BCUT2D eigenvalue weighted by Crippen LogP contribution is -2.07. The fourth-order valence-corrected chi connectivity index (χ4v) is 1.45. The van der Waals surface area contributed by atoms with Gasteiger partial charge in [-0.2, -0.15) is 0 Å². The van der Waals surface area contributed by atoms with Gasteiger partial charge in [0.2, 0.25) is 0 Å². The molecule has 2 rings (SSSR count). The van der Waals surface area contributed by atoms with Crippen molar-refractivity contribution in [1.82, 2.24) is 15.0 Å². The van der Waals surface area contributed by atoms with Crippen molar-refractivity contribution in [3.05, 3.63) is 42.1 Å². The number of hydrogen-bond acceptors (Lipinski definition) is 5. The van der Waals surface area contributed by atoms with E-state index < -0.39 is 5.97 Å². The van der Waals surface area contributed by atoms with Crippen LogP contribution in [0.4, 0.5) is 0 Å². The van der Waals surface area contributed by atoms with Gasteiger partial charge in [0.1, 0.15) is 5.82 Å². The van der Waals surface area contributed by atoms with E-state index in [9.17, 15) is 4.79 Å². The molecule has 17 heavy (non-hydrogen) atoms. The maximum absolute atomic E-state index is 11.4. The average Bonchev–Trinajstić information content (AvgIpc) is 2.38. The van der Waals surface area contributed by atoms with Crippen molar-refractivity contribution in [3.63, 3.8) is 0 Å². The molecule has 5 nitrogen and oxygen atoms in total. The number of carbonyl (C=O) groups excluding carboxylic acids is 1. The molecule has 0 fully saturated rings. The summed E-state index contributed by atoms with van der Waals surface area (Å²) in [5, 5.41) is 0. The summed E-state index contributed by atoms with van der Waals surface area (Å²) >= 11 is 0. The Hall–Kier alpha value is -2.30. The van der Waals surface area contributed by atoms with E-state index in [4.69, 9.17) is 0 Å². The molecule has 86 valence electrons. The lowest BCUT2D eigenvalue weighted by atomic mass is 10.1. The molecule has 2 aromatic rings. The molecule has 0 N–H and O–H groups in total. The SMILES string of the molecule is COC(=O)c1cc(-c2ccncc2)nc(C)n1. The Morgan fingerprint density at radius 1 is 1.24 bits per heavy atom. The number of ether oxygens (including phenoxy) is 1. The number of aryl methyl sites for hydroxylation is 1. The van der Waals surface area contributed by atoms with Gasteiger partial charge in [-0.3, -0.25) is 4.98 Å². The Kier molecular flexibility index (Phi) is 3.09. The van der Waals surface area contributed by atoms with Crippen LogP contribution in [0, 0.1) is 6.92 Å². The number of aromatic nitrogens is 3. The van der Waals surface area contributed by atoms with Crippen molar-refractivity contribution in [1.29, 1.82) is 0 Å². The van der Waals surface area contributed by atoms with Gasteiger partial charge in [0.15, 0.2) is 5.69 Å². The van der Waals surface area contributed by atoms with Crippen molar-refractivity contribution in [2.75, 3.05) is 7.11 Å². The predicted octanol–water partition coefficient (Wildman–Crippen LogP) is 1.63. The second kappa shape index (κ2) is 4.69. The van der Waals surface area contributed by atoms with E-state index in [1.54, 1.807) is 25.4 Å². The van der Waals surface area contributed by atoms with Crippen molar-refractivity contribution in [3.8, 4) is 11.3 Å². The molecule has 0 bridgehead atoms. The standard InChI is InChI=1S/C12H11N3O2/c1-8-14-10(9-3-5-13-6-4-9)7-11(15-8)12(16)17-2/h3-7H,1-2H3. The highest BCUT2D eigenvalue weighted by atomic mass is 16.5. The summed E-state index contributed by atoms with van der Waals surface area (Å²) in [6.45, 7) is 1.73. The third kappa shape index (κ3) is 2.44. The lowest BCUT2D eigenvalue weighted by molar-refractivity contribution is 0.0593. The van der Waals surface area contributed by atoms with Crippen LogP contribution >= 0.6 is 0 Å². The normalized spacial score (nSPS) is 10.0. The fourth-order valence-electron chi connectivity index (χ4n) is 1.45. The summed E-state index contributed by atoms with van der Waals surface area (Å²) in [6.07, 6.45) is 3.34. The number of rotatable bonds is 2. The first-order valence-corrected chi connectivity index (χ1v) is 5.05. The summed E-state index contributed by atoms with van der Waals surface area (Å²) in [7, 11) is 1.33. The Bertz CT molecular complexity index is 541. The molecule has 0 amide bonds. The van der Waals surface area contributed by atoms with Crippen LogP contribution in [0.1, 0.15) is 16.3 Å². The highest BCUT2D eigenvalue weighted by Crippen LogP contribution is 2.16. The molecule has 0 saturated carbocycles. The van der Waals surface area contributed by atoms with E-state index >= 15 is 0 Å². The minimum absolute atomic E-state index is 0.256. The molecule has 0 radical (unpaired) electrons. The number of pyridine rings is 1. The molecule has 0 aliphatic rings. The molecule has 5 heteroatoms. The second-order valence-electron chi connectivity index (χ2n) is 3.41. The topological polar surface area (TPSA) is 65.0 Å². The zero-order chi connectivity index (χ0) is 12.3. The van der Waals surface area contributed by atoms with Crippen molar-refractivity contribution in [2.45, 2.75) is 6.92 Å². The smallest absolute Gasteiger partial charge is 0.356 e. The van der Waals surface area contributed by atoms with Crippen LogP contribution in [0.5, 0.6) is 0 Å². The van der Waals surface area contributed by atoms with Crippen LogP contribution in [0.15, 0.2) is 30.6 Å². The van der Waals surface area contributed by atoms with Crippen LogP contribution in [-0.4, -0.2) is 28.0 Å². The minimum atomic E-state index is -0.467. The van der Waals surface area contributed by atoms with Crippen molar-refractivity contribution in [2.24, 2.45) is 0 Å². The van der Waals surface area contributed by atoms with Gasteiger partial charge in [-0.15, -0.1) is 0 Å². The van der Waals surface area contributed by atoms with Gasteiger partial charge in [0, 0.05) is 18.0 Å². The van der Waals surface area contributed by atoms with Gasteiger partial charge in [-0.25, -0.2) is 14.8 Å². The van der Waals surface area contributed by atoms with E-state index in [2.05, 4.69) is 19.7 Å². The van der Waals surface area contributed by atoms with E-state index in [1.165, 1.54) is 7.11 Å². The third-order valence-corrected chi connectivity index (χ3v) is 2.21. The van der Waals surface area contributed by atoms with Crippen LogP contribution in [0.2, 0.25) is 0 Å². The number of methoxy groups -OCH3 is 1. The van der Waals surface area contributed by atoms with Crippen LogP contribution in [0.25, 0.3) is 11.3 Å². The average molecular weight is 229 g/mol. The maximum Gasteiger partial charge on any atom is 0.356 e. The molecule has 2 aromatic heterocycles. The first-order valence-electron chi connectivity index (χ1n) is 5.05. The first kappa shape index (κ1) is 11.2. The quantitative estimate of drug-likeness (QED) is 0.732. The van der Waals surface area contributed by atoms with Gasteiger partial charge in [-0.1, -0.05) is 0 Å². The first-order chi connectivity index (χ1) is 8.20. The number of hydrogen-bond donors (Lipinski definition) is 0. The molecule has 0 aliphatic carbocycles. The summed E-state index contributed by atoms with van der Waals surface area (Å²) in [4.78, 5) is 23.7. The zero-order valence-corrected chi connectivity index (χ0v) is 9.54. The molecule has 0 spiro atoms. The minimum Gasteiger partial charge on any atom is -0.464 e. The summed E-state index contributed by atoms with van der Waals surface area (Å²) in [5.74, 6) is 0.0607. The predicted molar refractivity (Wildman–Crippen MR) is 61.3 cm³/mol. The zero-order valence-electron chi connectivity index (χ0n) is 9.54. The third-order valence-electron chi connectivity index (χ3n) is 2.21. The Labute approximate surface area is 98.5 Å². The Balaban J connectivity index is 2.49. The van der Waals surface area contributed by atoms with Crippen LogP contribution in [-0.2, 0) is 4.74 Å². The number of carbonyl (C=O) groups is 1. The second-order valence-corrected chi connectivity index (χ2v) is 3.41. The van der Waals surface area contributed by atoms with E-state index in [0.717, 1.165) is 5.56 Å². The monoisotopic (exact) mass is 229 g/mol. The summed E-state index contributed by atoms with van der Waals surface area (Å²) < 4.78 is 4.64. The largest absolute Gasteiger partial charge is 0.464 e. The summed E-state index contributed by atoms with van der Waals surface area (Å²) in [5.41, 5.74) is 1.82. The molecule has 0 saturated heterocycles. The van der Waals surface area contributed by atoms with E-state index in [1.807, 2.05) is 12.1 Å². The molecule has 0 aliphatic heterocycles. The molecule has 2 heterocycles. The fraction of sp³-hybridized carbons (Fsp3) is 0.167. The van der Waals surface area contributed by atoms with Crippen LogP contribution < -0.4 is 0 Å². The highest BCUT2D eigenvalue weighted by Gasteiger charge is 2.11. The number of esters is 1. The highest BCUT2D eigenvalue weighted by molar-refractivity contribution is 5.88. The van der Waals surface area contributed by atoms with Crippen molar-refractivity contribution < 1.29 is 9.53 Å². The molecule has 0 atom stereocenters. The van der Waals surface area contributed by atoms with E-state index in [-0.39, 0.29) is 5.69 Å². The van der Waals surface area contributed by atoms with Gasteiger partial charge in [-0.05, 0) is 25.1 Å². The van der Waals surface area contributed by atoms with Crippen molar-refractivity contribution >= 4 is 5.97 Å². The molecule has 0 aromatic carbocycles. The van der Waals surface area contributed by atoms with Crippen LogP contribution in [0.3, 0.4) is 0 Å². The summed E-state index contributed by atoms with van der Waals surface area (Å²) in [6, 6.07) is 5.25. The van der Waals surface area contributed by atoms with Gasteiger partial charge >= 0.3 is 5.97 Å². The molecular weight excluding hydrogens is 218 g/mol. The Morgan fingerprint density at radius 3 is 2.59 bits per heavy atom. The van der Waals surface area contributed by atoms with E-state index in [0.29, 0.717) is 11.5 Å². The maximum atomic E-state index is 11.4. The molecular formula is C12H11N3O2. The van der Waals surface area contributed by atoms with Gasteiger partial charge in [0.25, 0.3) is 0 Å². The van der Waals surface area contributed by atoms with Gasteiger partial charge in [0.05, 0.1) is 12.8 Å². The van der Waals surface area contributed by atoms with Gasteiger partial charge < -0.3 is 4.74 Å². The number of nitrogens with zero attached hydrogens (tertiary/aromatic N) is 3. The molecule has 0 unspecified atom stereocenters. The Morgan fingerprint density at radius 2 is 1.94 bits per heavy atom. The lowest BCUT2D eigenvalue weighted by Gasteiger charge is -2.04.